The number of hydrogen-bond donors (Lipinski definition) is 0. The van der Waals surface area contributed by atoms with Crippen LogP contribution in [0.2, 0.25) is 0 Å². The summed E-state index contributed by atoms with van der Waals surface area (Å²) in [6, 6.07) is 171. The summed E-state index contributed by atoms with van der Waals surface area (Å²) in [4.78, 5) is 8.86. The first-order chi connectivity index (χ1) is 69.3. The van der Waals surface area contributed by atoms with Crippen LogP contribution in [0.15, 0.2) is 513 Å². The topological polar surface area (TPSA) is 78.7 Å². The van der Waals surface area contributed by atoms with E-state index in [1.54, 1.807) is 6.07 Å². The summed E-state index contributed by atoms with van der Waals surface area (Å²) in [7, 11) is 0. The zero-order chi connectivity index (χ0) is 92.4. The first kappa shape index (κ1) is 80.8. The average Bonchev–Trinajstić information content (AvgIpc) is 1.55. The van der Waals surface area contributed by atoms with Crippen LogP contribution in [0.4, 0.5) is 72.6 Å². The highest BCUT2D eigenvalue weighted by atomic mass is 19.1. The molecule has 0 saturated heterocycles. The van der Waals surface area contributed by atoms with Gasteiger partial charge in [-0.3, -0.25) is 0 Å². The number of nitrogens with zero attached hydrogens (tertiary/aromatic N) is 4. The number of furan rings is 5. The molecule has 0 fully saturated rings. The standard InChI is InChI=1S/C68H43FN2O2.C62H38N2O3/c69-61-42-48(44-18-5-1-6-19-44)41-59(46-20-7-2-8-21-46)66(61)71(50-24-11-4-12-25-50)52-37-39-58-64(43-52)73-68-57-38-34-47(40-60(57)53-26-13-14-28-55(53)65(58)68)45-32-35-51(36-33-45)70(49-22-9-3-10-23-49)62-30-17-29-56-54-27-15-16-31-63(54)72-67(56)62;1-3-14-41(15-4-1)63(44-32-35-58-54(37-44)48-20-10-11-24-56(48)65-58)45-31-34-52-59(38-45)67-62-51-33-28-40(36-53(51)46-18-7-8-21-49(46)60(52)62)39-26-29-43(30-27-39)64(42-16-5-2-6-17-42)55-23-13-22-50-47-19-9-12-25-57(47)66-61(50)55/h1-43H;1-38H. The van der Waals surface area contributed by atoms with E-state index in [2.05, 4.69) is 367 Å². The molecule has 28 aromatic rings. The summed E-state index contributed by atoms with van der Waals surface area (Å²) >= 11 is 0. The molecule has 0 unspecified atom stereocenters. The molecule has 0 spiro atoms. The predicted molar refractivity (Wildman–Crippen MR) is 580 cm³/mol. The number of anilines is 12. The second kappa shape index (κ2) is 33.4. The number of para-hydroxylation sites is 9. The Kier molecular flexibility index (Phi) is 19.3. The van der Waals surface area contributed by atoms with Crippen molar-refractivity contribution in [1.82, 2.24) is 0 Å². The fourth-order valence-electron chi connectivity index (χ4n) is 21.3. The third kappa shape index (κ3) is 13.7. The third-order valence-corrected chi connectivity index (χ3v) is 27.7. The molecule has 23 aromatic carbocycles. The maximum Gasteiger partial charge on any atom is 0.159 e. The molecule has 0 amide bonds. The zero-order valence-corrected chi connectivity index (χ0v) is 75.5. The summed E-state index contributed by atoms with van der Waals surface area (Å²) in [5.74, 6) is -0.329. The average molecular weight is 1800 g/mol. The lowest BCUT2D eigenvalue weighted by molar-refractivity contribution is 0.629. The zero-order valence-electron chi connectivity index (χ0n) is 75.5. The van der Waals surface area contributed by atoms with Crippen LogP contribution in [0.3, 0.4) is 0 Å². The van der Waals surface area contributed by atoms with E-state index in [1.807, 2.05) is 138 Å². The highest BCUT2D eigenvalue weighted by Gasteiger charge is 2.29. The van der Waals surface area contributed by atoms with E-state index >= 15 is 4.39 Å². The Balaban J connectivity index is 0.000000141. The normalized spacial score (nSPS) is 11.8. The minimum atomic E-state index is -0.329. The van der Waals surface area contributed by atoms with Crippen molar-refractivity contribution in [3.63, 3.8) is 0 Å². The SMILES string of the molecule is Fc1cc(-c2ccccc2)cc(-c2ccccc2)c1N(c1ccccc1)c1ccc2c(c1)oc1c3ccc(-c4ccc(N(c5ccccc5)c5cccc6c5oc5ccccc56)cc4)cc3c3ccccc3c21.c1ccc(N(c2ccc3c(c2)oc2c4ccc(-c5ccc(N(c6ccccc6)c6cccc7c6oc6ccccc67)cc5)cc4c4ccccc4c32)c2ccc3oc4ccccc4c3c2)cc1. The Morgan fingerprint density at radius 3 is 0.936 bits per heavy atom. The number of benzene rings is 23. The first-order valence-corrected chi connectivity index (χ1v) is 47.2. The predicted octanol–water partition coefficient (Wildman–Crippen LogP) is 38.2. The van der Waals surface area contributed by atoms with Gasteiger partial charge < -0.3 is 41.7 Å². The Hall–Kier alpha value is -18.8. The first-order valence-electron chi connectivity index (χ1n) is 47.2. The van der Waals surface area contributed by atoms with Gasteiger partial charge in [-0.15, -0.1) is 0 Å². The van der Waals surface area contributed by atoms with Gasteiger partial charge in [0.05, 0.1) is 22.7 Å². The van der Waals surface area contributed by atoms with Gasteiger partial charge in [0.1, 0.15) is 50.5 Å². The van der Waals surface area contributed by atoms with Gasteiger partial charge >= 0.3 is 0 Å². The van der Waals surface area contributed by atoms with E-state index in [0.717, 1.165) is 249 Å². The third-order valence-electron chi connectivity index (χ3n) is 27.7. The second-order valence-corrected chi connectivity index (χ2v) is 35.7. The van der Waals surface area contributed by atoms with Gasteiger partial charge in [-0.1, -0.05) is 297 Å². The molecule has 0 aliphatic rings. The summed E-state index contributed by atoms with van der Waals surface area (Å²) in [5.41, 5.74) is 27.6. The van der Waals surface area contributed by atoms with Gasteiger partial charge in [0.2, 0.25) is 0 Å². The molecule has 0 atom stereocenters. The smallest absolute Gasteiger partial charge is 0.159 e. The van der Waals surface area contributed by atoms with E-state index in [-0.39, 0.29) is 5.82 Å². The molecule has 28 rings (SSSR count). The van der Waals surface area contributed by atoms with Crippen molar-refractivity contribution in [2.75, 3.05) is 19.6 Å². The van der Waals surface area contributed by atoms with Gasteiger partial charge in [-0.2, -0.15) is 0 Å². The molecule has 5 aromatic heterocycles. The minimum Gasteiger partial charge on any atom is -0.456 e. The van der Waals surface area contributed by atoms with Crippen molar-refractivity contribution in [3.8, 4) is 44.5 Å². The Morgan fingerprint density at radius 1 is 0.150 bits per heavy atom. The van der Waals surface area contributed by atoms with E-state index in [9.17, 15) is 0 Å². The molecule has 140 heavy (non-hydrogen) atoms. The van der Waals surface area contributed by atoms with Crippen molar-refractivity contribution in [1.29, 1.82) is 0 Å². The van der Waals surface area contributed by atoms with Crippen LogP contribution in [0.5, 0.6) is 0 Å². The van der Waals surface area contributed by atoms with Gasteiger partial charge in [-0.05, 0) is 253 Å². The van der Waals surface area contributed by atoms with Crippen molar-refractivity contribution >= 4 is 221 Å². The molecular formula is C130H81FN4O5. The van der Waals surface area contributed by atoms with Crippen LogP contribution in [-0.2, 0) is 0 Å². The van der Waals surface area contributed by atoms with E-state index < -0.39 is 0 Å². The molecule has 0 aliphatic heterocycles. The Bertz CT molecular complexity index is 9720. The lowest BCUT2D eigenvalue weighted by atomic mass is 9.94. The van der Waals surface area contributed by atoms with E-state index in [0.29, 0.717) is 5.69 Å². The second-order valence-electron chi connectivity index (χ2n) is 35.7. The van der Waals surface area contributed by atoms with Crippen molar-refractivity contribution in [3.05, 3.63) is 497 Å². The number of rotatable bonds is 16. The van der Waals surface area contributed by atoms with Crippen LogP contribution in [0.25, 0.3) is 197 Å². The lowest BCUT2D eigenvalue weighted by Gasteiger charge is -2.28. The maximum atomic E-state index is 17.3. The largest absolute Gasteiger partial charge is 0.456 e. The number of hydrogen-bond acceptors (Lipinski definition) is 9. The summed E-state index contributed by atoms with van der Waals surface area (Å²) in [5, 5.41) is 19.8. The van der Waals surface area contributed by atoms with Crippen molar-refractivity contribution in [2.45, 2.75) is 0 Å². The molecule has 0 saturated carbocycles. The summed E-state index contributed by atoms with van der Waals surface area (Å²) in [6.07, 6.45) is 0. The minimum absolute atomic E-state index is 0.329. The summed E-state index contributed by atoms with van der Waals surface area (Å²) < 4.78 is 50.7. The van der Waals surface area contributed by atoms with Crippen LogP contribution in [0.1, 0.15) is 0 Å². The van der Waals surface area contributed by atoms with Gasteiger partial charge in [0.15, 0.2) is 11.2 Å². The molecule has 5 heterocycles. The summed E-state index contributed by atoms with van der Waals surface area (Å²) in [6.45, 7) is 0. The van der Waals surface area contributed by atoms with Gasteiger partial charge in [0, 0.05) is 128 Å². The fraction of sp³-hybridized carbons (Fsp3) is 0. The van der Waals surface area contributed by atoms with E-state index in [1.165, 1.54) is 10.8 Å². The van der Waals surface area contributed by atoms with Crippen molar-refractivity contribution in [2.24, 2.45) is 0 Å². The highest BCUT2D eigenvalue weighted by Crippen LogP contribution is 2.53. The molecule has 658 valence electrons. The monoisotopic (exact) mass is 1800 g/mol. The lowest BCUT2D eigenvalue weighted by Crippen LogP contribution is -2.13. The van der Waals surface area contributed by atoms with Crippen LogP contribution in [0, 0.1) is 5.82 Å². The Morgan fingerprint density at radius 2 is 0.464 bits per heavy atom. The molecule has 9 nitrogen and oxygen atoms in total. The van der Waals surface area contributed by atoms with Crippen LogP contribution in [-0.4, -0.2) is 0 Å². The quantitative estimate of drug-likeness (QED) is 0.0879. The number of fused-ring (bicyclic) bond motifs is 25. The molecule has 10 heteroatoms. The highest BCUT2D eigenvalue weighted by molar-refractivity contribution is 6.32. The van der Waals surface area contributed by atoms with Gasteiger partial charge in [-0.25, -0.2) is 4.39 Å². The fourth-order valence-corrected chi connectivity index (χ4v) is 21.3. The molecule has 0 bridgehead atoms. The van der Waals surface area contributed by atoms with Crippen LogP contribution < -0.4 is 19.6 Å². The van der Waals surface area contributed by atoms with Crippen LogP contribution >= 0.6 is 0 Å². The van der Waals surface area contributed by atoms with Crippen molar-refractivity contribution < 1.29 is 26.5 Å². The van der Waals surface area contributed by atoms with E-state index in [4.69, 9.17) is 22.1 Å². The molecule has 0 N–H and O–H groups in total. The molecular weight excluding hydrogens is 1720 g/mol. The number of halogens is 1. The Labute approximate surface area is 803 Å². The van der Waals surface area contributed by atoms with Gasteiger partial charge in [0.25, 0.3) is 0 Å². The maximum absolute atomic E-state index is 17.3. The molecule has 0 radical (unpaired) electrons. The molecule has 0 aliphatic carbocycles.